The van der Waals surface area contributed by atoms with Gasteiger partial charge in [0.2, 0.25) is 0 Å². The Morgan fingerprint density at radius 2 is 1.45 bits per heavy atom. The zero-order valence-corrected chi connectivity index (χ0v) is 23.2. The topological polar surface area (TPSA) is 86.7 Å². The second-order valence-electron chi connectivity index (χ2n) is 9.86. The maximum absolute atomic E-state index is 12.5. The molecule has 0 bridgehead atoms. The smallest absolute Gasteiger partial charge is 0.394 e. The minimum absolute atomic E-state index is 0.115. The van der Waals surface area contributed by atoms with Gasteiger partial charge < -0.3 is 15.3 Å². The van der Waals surface area contributed by atoms with Gasteiger partial charge in [0.25, 0.3) is 5.91 Å². The van der Waals surface area contributed by atoms with Crippen molar-refractivity contribution in [3.63, 3.8) is 0 Å². The molecule has 3 rings (SSSR count). The van der Waals surface area contributed by atoms with Crippen molar-refractivity contribution in [3.8, 4) is 0 Å². The molecule has 0 saturated heterocycles. The molecule has 0 aliphatic heterocycles. The van der Waals surface area contributed by atoms with E-state index in [4.69, 9.17) is 0 Å². The fourth-order valence-electron chi connectivity index (χ4n) is 4.59. The van der Waals surface area contributed by atoms with Crippen LogP contribution in [0.3, 0.4) is 0 Å². The summed E-state index contributed by atoms with van der Waals surface area (Å²) in [5.41, 5.74) is 2.24. The van der Waals surface area contributed by atoms with E-state index >= 15 is 0 Å². The number of nitrogens with zero attached hydrogens (tertiary/aromatic N) is 1. The molecular weight excluding hydrogens is 496 g/mol. The number of nitrogens with one attached hydrogen (secondary N) is 1. The fraction of sp³-hybridized carbons (Fsp3) is 0.452. The first kappa shape index (κ1) is 29.4. The summed E-state index contributed by atoms with van der Waals surface area (Å²) in [5.74, 6) is -2.54. The molecule has 0 aliphatic rings. The number of aliphatic carboxylic acids is 1. The molecule has 0 saturated carbocycles. The Kier molecular flexibility index (Phi) is 12.3. The lowest BCUT2D eigenvalue weighted by molar-refractivity contribution is -0.156. The largest absolute Gasteiger partial charge is 0.474 e. The molecule has 2 amide bonds. The van der Waals surface area contributed by atoms with Crippen LogP contribution in [0, 0.1) is 0 Å². The molecule has 1 aromatic heterocycles. The van der Waals surface area contributed by atoms with Gasteiger partial charge in [-0.2, -0.15) is 0 Å². The normalized spacial score (nSPS) is 11.0. The number of unbranched alkanes of at least 4 members (excludes halogenated alkanes) is 9. The van der Waals surface area contributed by atoms with Crippen LogP contribution in [0.25, 0.3) is 10.1 Å². The fourth-order valence-corrected chi connectivity index (χ4v) is 5.55. The molecule has 0 spiro atoms. The Balaban J connectivity index is 1.44. The van der Waals surface area contributed by atoms with E-state index in [-0.39, 0.29) is 19.0 Å². The minimum Gasteiger partial charge on any atom is -0.474 e. The minimum atomic E-state index is -1.48. The third-order valence-electron chi connectivity index (χ3n) is 6.80. The maximum Gasteiger partial charge on any atom is 0.394 e. The lowest BCUT2D eigenvalue weighted by atomic mass is 10.1. The lowest BCUT2D eigenvalue weighted by Gasteiger charge is -2.21. The third-order valence-corrected chi connectivity index (χ3v) is 7.81. The first-order valence-electron chi connectivity index (χ1n) is 13.8. The van der Waals surface area contributed by atoms with Crippen LogP contribution >= 0.6 is 11.3 Å². The lowest BCUT2D eigenvalue weighted by Crippen LogP contribution is -2.35. The zero-order valence-electron chi connectivity index (χ0n) is 22.4. The number of carboxylic acid groups (broad SMARTS) is 1. The third kappa shape index (κ3) is 9.28. The van der Waals surface area contributed by atoms with Crippen LogP contribution in [0.2, 0.25) is 0 Å². The van der Waals surface area contributed by atoms with E-state index in [0.717, 1.165) is 34.1 Å². The van der Waals surface area contributed by atoms with Gasteiger partial charge >= 0.3 is 11.9 Å². The molecule has 0 atom stereocenters. The molecule has 3 aromatic rings. The molecular formula is C31H40N2O4S. The number of carbonyl (C=O) groups excluding carboxylic acids is 2. The Hall–Kier alpha value is -3.19. The van der Waals surface area contributed by atoms with Crippen LogP contribution in [0.1, 0.15) is 92.6 Å². The molecule has 204 valence electrons. The highest BCUT2D eigenvalue weighted by atomic mass is 32.1. The summed E-state index contributed by atoms with van der Waals surface area (Å²) in [7, 11) is 0. The van der Waals surface area contributed by atoms with Gasteiger partial charge in [0, 0.05) is 29.9 Å². The monoisotopic (exact) mass is 536 g/mol. The summed E-state index contributed by atoms with van der Waals surface area (Å²) in [6.45, 7) is 3.25. The Labute approximate surface area is 230 Å². The van der Waals surface area contributed by atoms with E-state index in [1.165, 1.54) is 56.3 Å². The zero-order chi connectivity index (χ0) is 27.2. The van der Waals surface area contributed by atoms with Crippen molar-refractivity contribution in [2.75, 3.05) is 6.54 Å². The molecule has 0 unspecified atom stereocenters. The van der Waals surface area contributed by atoms with Gasteiger partial charge in [0.15, 0.2) is 0 Å². The van der Waals surface area contributed by atoms with Crippen molar-refractivity contribution in [1.29, 1.82) is 0 Å². The molecule has 0 fully saturated rings. The van der Waals surface area contributed by atoms with E-state index < -0.39 is 11.9 Å². The van der Waals surface area contributed by atoms with Crippen molar-refractivity contribution in [3.05, 3.63) is 70.6 Å². The number of fused-ring (bicyclic) bond motifs is 1. The van der Waals surface area contributed by atoms with Gasteiger partial charge in [-0.25, -0.2) is 4.79 Å². The highest BCUT2D eigenvalue weighted by Gasteiger charge is 2.22. The molecule has 38 heavy (non-hydrogen) atoms. The van der Waals surface area contributed by atoms with E-state index in [1.807, 2.05) is 29.6 Å². The van der Waals surface area contributed by atoms with Gasteiger partial charge in [0.1, 0.15) is 0 Å². The van der Waals surface area contributed by atoms with Crippen molar-refractivity contribution >= 4 is 39.2 Å². The van der Waals surface area contributed by atoms with Crippen molar-refractivity contribution in [2.24, 2.45) is 0 Å². The van der Waals surface area contributed by atoms with Gasteiger partial charge in [-0.15, -0.1) is 11.3 Å². The van der Waals surface area contributed by atoms with Crippen LogP contribution < -0.4 is 5.32 Å². The van der Waals surface area contributed by atoms with E-state index in [9.17, 15) is 19.5 Å². The highest BCUT2D eigenvalue weighted by Crippen LogP contribution is 2.27. The van der Waals surface area contributed by atoms with Crippen LogP contribution in [0.15, 0.2) is 53.9 Å². The quantitative estimate of drug-likeness (QED) is 0.150. The number of thiophene rings is 1. The predicted molar refractivity (Wildman–Crippen MR) is 154 cm³/mol. The average molecular weight is 537 g/mol. The molecule has 7 heteroatoms. The molecule has 0 radical (unpaired) electrons. The Morgan fingerprint density at radius 1 is 0.816 bits per heavy atom. The molecule has 2 aromatic carbocycles. The highest BCUT2D eigenvalue weighted by molar-refractivity contribution is 7.17. The number of amides is 2. The number of benzene rings is 2. The van der Waals surface area contributed by atoms with Crippen LogP contribution in [0.5, 0.6) is 0 Å². The van der Waals surface area contributed by atoms with Gasteiger partial charge in [-0.3, -0.25) is 9.59 Å². The number of hydrogen-bond acceptors (Lipinski definition) is 4. The summed E-state index contributed by atoms with van der Waals surface area (Å²) in [5, 5.41) is 15.3. The first-order chi connectivity index (χ1) is 18.5. The average Bonchev–Trinajstić information content (AvgIpc) is 3.34. The SMILES string of the molecule is CCCCCCCCCCCCNC(=O)c1ccc(CN(Cc2csc3ccccc23)C(=O)C(=O)O)cc1. The van der Waals surface area contributed by atoms with Crippen LogP contribution in [0.4, 0.5) is 0 Å². The molecule has 2 N–H and O–H groups in total. The Bertz CT molecular complexity index is 1170. The predicted octanol–water partition coefficient (Wildman–Crippen LogP) is 7.17. The molecule has 6 nitrogen and oxygen atoms in total. The van der Waals surface area contributed by atoms with E-state index in [2.05, 4.69) is 12.2 Å². The number of hydrogen-bond donors (Lipinski definition) is 2. The molecule has 1 heterocycles. The van der Waals surface area contributed by atoms with Gasteiger partial charge in [-0.1, -0.05) is 95.0 Å². The first-order valence-corrected chi connectivity index (χ1v) is 14.7. The number of carbonyl (C=O) groups is 3. The van der Waals surface area contributed by atoms with E-state index in [0.29, 0.717) is 12.1 Å². The van der Waals surface area contributed by atoms with Crippen LogP contribution in [-0.4, -0.2) is 34.3 Å². The van der Waals surface area contributed by atoms with Gasteiger partial charge in [-0.05, 0) is 46.5 Å². The number of rotatable bonds is 16. The second-order valence-corrected chi connectivity index (χ2v) is 10.8. The summed E-state index contributed by atoms with van der Waals surface area (Å²) in [4.78, 5) is 37.8. The summed E-state index contributed by atoms with van der Waals surface area (Å²) in [6.07, 6.45) is 12.6. The summed E-state index contributed by atoms with van der Waals surface area (Å²) in [6, 6.07) is 14.9. The molecule has 0 aliphatic carbocycles. The standard InChI is InChI=1S/C31H40N2O4S/c1-2-3-4-5-6-7-8-9-10-13-20-32-29(34)25-18-16-24(17-19-25)21-33(30(35)31(36)37)22-26-23-38-28-15-12-11-14-27(26)28/h11-12,14-19,23H,2-10,13,20-22H2,1H3,(H,32,34)(H,36,37). The summed E-state index contributed by atoms with van der Waals surface area (Å²) >= 11 is 1.57. The van der Waals surface area contributed by atoms with Crippen molar-refractivity contribution in [2.45, 2.75) is 84.2 Å². The van der Waals surface area contributed by atoms with Crippen molar-refractivity contribution < 1.29 is 19.5 Å². The van der Waals surface area contributed by atoms with Gasteiger partial charge in [0.05, 0.1) is 0 Å². The Morgan fingerprint density at radius 3 is 2.11 bits per heavy atom. The van der Waals surface area contributed by atoms with E-state index in [1.54, 1.807) is 35.6 Å². The maximum atomic E-state index is 12.5. The van der Waals surface area contributed by atoms with Crippen molar-refractivity contribution in [1.82, 2.24) is 10.2 Å². The summed E-state index contributed by atoms with van der Waals surface area (Å²) < 4.78 is 1.10. The second kappa shape index (κ2) is 15.9. The number of carboxylic acids is 1. The van der Waals surface area contributed by atoms with Crippen LogP contribution in [-0.2, 0) is 22.7 Å².